The van der Waals surface area contributed by atoms with E-state index in [-0.39, 0.29) is 0 Å². The normalized spacial score (nSPS) is 11.5. The fraction of sp³-hybridized carbons (Fsp3) is 0.0833. The van der Waals surface area contributed by atoms with E-state index in [0.29, 0.717) is 44.8 Å². The average molecular weight is 457 g/mol. The number of nitrogens with zero attached hydrogens (tertiary/aromatic N) is 1. The Hall–Kier alpha value is -3.58. The molecule has 0 aliphatic rings. The Kier molecular flexibility index (Phi) is 5.52. The molecule has 0 fully saturated rings. The van der Waals surface area contributed by atoms with Crippen LogP contribution in [0.25, 0.3) is 22.0 Å². The van der Waals surface area contributed by atoms with Crippen LogP contribution in [0.15, 0.2) is 66.7 Å². The van der Waals surface area contributed by atoms with Crippen LogP contribution in [-0.2, 0) is 13.2 Å². The zero-order chi connectivity index (χ0) is 23.0. The second kappa shape index (κ2) is 8.16. The molecule has 0 atom stereocenters. The summed E-state index contributed by atoms with van der Waals surface area (Å²) in [5.74, 6) is -0.428. The molecule has 0 spiro atoms. The van der Waals surface area contributed by atoms with Gasteiger partial charge in [-0.25, -0.2) is 0 Å². The predicted molar refractivity (Wildman–Crippen MR) is 118 cm³/mol. The third-order valence-corrected chi connectivity index (χ3v) is 5.64. The summed E-state index contributed by atoms with van der Waals surface area (Å²) in [7, 11) is 1.72. The Morgan fingerprint density at radius 1 is 1.03 bits per heavy atom. The van der Waals surface area contributed by atoms with E-state index in [2.05, 4.69) is 5.32 Å². The first-order chi connectivity index (χ1) is 15.2. The Morgan fingerprint density at radius 3 is 2.38 bits per heavy atom. The molecule has 0 aliphatic carbocycles. The Balaban J connectivity index is 1.66. The van der Waals surface area contributed by atoms with E-state index in [1.807, 2.05) is 0 Å². The van der Waals surface area contributed by atoms with Gasteiger partial charge in [0, 0.05) is 29.2 Å². The lowest BCUT2D eigenvalue weighted by Crippen LogP contribution is -2.13. The molecule has 0 saturated carbocycles. The lowest BCUT2D eigenvalue weighted by atomic mass is 9.98. The molecule has 162 valence electrons. The van der Waals surface area contributed by atoms with Crippen LogP contribution in [0.2, 0.25) is 5.02 Å². The van der Waals surface area contributed by atoms with E-state index in [4.69, 9.17) is 11.6 Å². The number of anilines is 1. The van der Waals surface area contributed by atoms with Crippen molar-refractivity contribution in [1.82, 2.24) is 4.57 Å². The number of carbonyl (C=O) groups excluding carboxylic acids is 2. The van der Waals surface area contributed by atoms with Gasteiger partial charge in [0.15, 0.2) is 6.29 Å². The molecule has 1 amide bonds. The molecule has 0 unspecified atom stereocenters. The van der Waals surface area contributed by atoms with Crippen LogP contribution in [0.1, 0.15) is 26.4 Å². The van der Waals surface area contributed by atoms with E-state index >= 15 is 0 Å². The van der Waals surface area contributed by atoms with Crippen molar-refractivity contribution in [2.75, 3.05) is 5.32 Å². The summed E-state index contributed by atoms with van der Waals surface area (Å²) in [5, 5.41) is 3.70. The summed E-state index contributed by atoms with van der Waals surface area (Å²) in [6.07, 6.45) is -3.77. The maximum Gasteiger partial charge on any atom is 0.416 e. The van der Waals surface area contributed by atoms with E-state index in [9.17, 15) is 22.8 Å². The molecule has 4 rings (SSSR count). The highest BCUT2D eigenvalue weighted by Gasteiger charge is 2.30. The highest BCUT2D eigenvalue weighted by Crippen LogP contribution is 2.33. The molecule has 1 heterocycles. The number of aromatic nitrogens is 1. The fourth-order valence-electron chi connectivity index (χ4n) is 3.60. The Morgan fingerprint density at radius 2 is 1.72 bits per heavy atom. The molecule has 4 nitrogen and oxygen atoms in total. The summed E-state index contributed by atoms with van der Waals surface area (Å²) >= 11 is 6.29. The topological polar surface area (TPSA) is 51.1 Å². The SMILES string of the molecule is Cn1c(C=O)c(Cl)c2cc(NC(=O)c3ccccc3-c3ccc(C(F)(F)F)cc3)ccc21. The van der Waals surface area contributed by atoms with Gasteiger partial charge < -0.3 is 9.88 Å². The number of carbonyl (C=O) groups is 2. The minimum Gasteiger partial charge on any atom is -0.340 e. The van der Waals surface area contributed by atoms with Crippen LogP contribution in [0.4, 0.5) is 18.9 Å². The maximum atomic E-state index is 13.0. The highest BCUT2D eigenvalue weighted by molar-refractivity contribution is 6.38. The predicted octanol–water partition coefficient (Wildman–Crippen LogP) is 6.58. The van der Waals surface area contributed by atoms with Gasteiger partial charge in [-0.3, -0.25) is 9.59 Å². The van der Waals surface area contributed by atoms with E-state index in [1.165, 1.54) is 12.1 Å². The summed E-state index contributed by atoms with van der Waals surface area (Å²) in [6, 6.07) is 16.4. The molecule has 0 saturated heterocycles. The first-order valence-corrected chi connectivity index (χ1v) is 9.89. The van der Waals surface area contributed by atoms with Crippen LogP contribution >= 0.6 is 11.6 Å². The summed E-state index contributed by atoms with van der Waals surface area (Å²) in [4.78, 5) is 24.3. The zero-order valence-electron chi connectivity index (χ0n) is 16.7. The molecule has 32 heavy (non-hydrogen) atoms. The molecular formula is C24H16ClF3N2O2. The van der Waals surface area contributed by atoms with Crippen molar-refractivity contribution in [3.05, 3.63) is 88.6 Å². The minimum absolute atomic E-state index is 0.291. The number of amides is 1. The van der Waals surface area contributed by atoms with Crippen LogP contribution in [-0.4, -0.2) is 16.8 Å². The molecule has 1 aromatic heterocycles. The number of benzene rings is 3. The Labute approximate surface area is 186 Å². The minimum atomic E-state index is -4.43. The quantitative estimate of drug-likeness (QED) is 0.352. The molecule has 4 aromatic rings. The number of rotatable bonds is 4. The Bertz CT molecular complexity index is 1340. The van der Waals surface area contributed by atoms with Crippen LogP contribution < -0.4 is 5.32 Å². The number of alkyl halides is 3. The molecular weight excluding hydrogens is 441 g/mol. The first kappa shape index (κ1) is 21.6. The lowest BCUT2D eigenvalue weighted by molar-refractivity contribution is -0.137. The van der Waals surface area contributed by atoms with Crippen molar-refractivity contribution in [3.63, 3.8) is 0 Å². The molecule has 0 aliphatic heterocycles. The van der Waals surface area contributed by atoms with Gasteiger partial charge >= 0.3 is 6.18 Å². The van der Waals surface area contributed by atoms with Crippen molar-refractivity contribution in [2.24, 2.45) is 7.05 Å². The van der Waals surface area contributed by atoms with Crippen LogP contribution in [0.5, 0.6) is 0 Å². The molecule has 1 N–H and O–H groups in total. The fourth-order valence-corrected chi connectivity index (χ4v) is 3.92. The smallest absolute Gasteiger partial charge is 0.340 e. The van der Waals surface area contributed by atoms with Gasteiger partial charge in [-0.1, -0.05) is 41.9 Å². The van der Waals surface area contributed by atoms with Gasteiger partial charge in [-0.15, -0.1) is 0 Å². The van der Waals surface area contributed by atoms with Gasteiger partial charge in [0.2, 0.25) is 0 Å². The number of halogens is 4. The van der Waals surface area contributed by atoms with E-state index < -0.39 is 17.6 Å². The van der Waals surface area contributed by atoms with E-state index in [0.717, 1.165) is 17.6 Å². The third kappa shape index (κ3) is 3.87. The van der Waals surface area contributed by atoms with Crippen LogP contribution in [0.3, 0.4) is 0 Å². The van der Waals surface area contributed by atoms with Gasteiger partial charge in [0.1, 0.15) is 5.69 Å². The number of aldehydes is 1. The van der Waals surface area contributed by atoms with Gasteiger partial charge in [0.05, 0.1) is 10.6 Å². The van der Waals surface area contributed by atoms with Crippen molar-refractivity contribution in [2.45, 2.75) is 6.18 Å². The number of hydrogen-bond acceptors (Lipinski definition) is 2. The van der Waals surface area contributed by atoms with Gasteiger partial charge in [-0.2, -0.15) is 13.2 Å². The number of nitrogens with one attached hydrogen (secondary N) is 1. The second-order valence-corrected chi connectivity index (χ2v) is 7.56. The second-order valence-electron chi connectivity index (χ2n) is 7.18. The highest BCUT2D eigenvalue weighted by atomic mass is 35.5. The van der Waals surface area contributed by atoms with Crippen LogP contribution in [0, 0.1) is 0 Å². The monoisotopic (exact) mass is 456 g/mol. The van der Waals surface area contributed by atoms with Crippen molar-refractivity contribution < 1.29 is 22.8 Å². The van der Waals surface area contributed by atoms with Gasteiger partial charge in [0.25, 0.3) is 5.91 Å². The van der Waals surface area contributed by atoms with Crippen molar-refractivity contribution >= 4 is 40.4 Å². The summed E-state index contributed by atoms with van der Waals surface area (Å²) in [6.45, 7) is 0. The average Bonchev–Trinajstić information content (AvgIpc) is 3.02. The number of hydrogen-bond donors (Lipinski definition) is 1. The standard InChI is InChI=1S/C24H16ClF3N2O2/c1-30-20-11-10-16(12-19(20)22(25)21(30)13-31)29-23(32)18-5-3-2-4-17(18)14-6-8-15(9-7-14)24(26,27)28/h2-13H,1H3,(H,29,32). The lowest BCUT2D eigenvalue weighted by Gasteiger charge is -2.12. The van der Waals surface area contributed by atoms with Crippen molar-refractivity contribution in [3.8, 4) is 11.1 Å². The molecule has 3 aromatic carbocycles. The van der Waals surface area contributed by atoms with E-state index in [1.54, 1.807) is 54.1 Å². The van der Waals surface area contributed by atoms with Crippen molar-refractivity contribution in [1.29, 1.82) is 0 Å². The number of fused-ring (bicyclic) bond motifs is 1. The zero-order valence-corrected chi connectivity index (χ0v) is 17.5. The maximum absolute atomic E-state index is 13.0. The summed E-state index contributed by atoms with van der Waals surface area (Å²) < 4.78 is 40.3. The summed E-state index contributed by atoms with van der Waals surface area (Å²) in [5.41, 5.74) is 2.07. The molecule has 0 radical (unpaired) electrons. The number of aryl methyl sites for hydroxylation is 1. The van der Waals surface area contributed by atoms with Gasteiger partial charge in [-0.05, 0) is 47.5 Å². The largest absolute Gasteiger partial charge is 0.416 e. The molecule has 8 heteroatoms. The first-order valence-electron chi connectivity index (χ1n) is 9.52. The molecule has 0 bridgehead atoms. The third-order valence-electron chi connectivity index (χ3n) is 5.25.